The number of aryl methyl sites for hydroxylation is 1. The minimum atomic E-state index is 0.702. The van der Waals surface area contributed by atoms with Crippen LogP contribution < -0.4 is 0 Å². The average molecular weight is 319 g/mol. The molecule has 2 aromatic rings. The zero-order valence-corrected chi connectivity index (χ0v) is 14.1. The number of hydrogen-bond donors (Lipinski definition) is 0. The number of nitrogens with zero attached hydrogens (tertiary/aromatic N) is 4. The van der Waals surface area contributed by atoms with E-state index in [2.05, 4.69) is 46.0 Å². The minimum absolute atomic E-state index is 0.702. The minimum Gasteiger partial charge on any atom is -0.321 e. The Kier molecular flexibility index (Phi) is 4.81. The zero-order valence-electron chi connectivity index (χ0n) is 13.3. The molecule has 1 fully saturated rings. The Morgan fingerprint density at radius 2 is 1.77 bits per heavy atom. The smallest absolute Gasteiger partial charge is 0.128 e. The van der Waals surface area contributed by atoms with Crippen LogP contribution in [0.1, 0.15) is 17.0 Å². The number of imidazole rings is 1. The van der Waals surface area contributed by atoms with Crippen LogP contribution in [0.3, 0.4) is 0 Å². The number of hydrogen-bond acceptors (Lipinski definition) is 3. The number of rotatable bonds is 4. The first-order valence-electron chi connectivity index (χ1n) is 7.78. The lowest BCUT2D eigenvalue weighted by molar-refractivity contribution is 0.119. The summed E-state index contributed by atoms with van der Waals surface area (Å²) in [4.78, 5) is 9.36. The molecule has 1 saturated heterocycles. The Bertz CT molecular complexity index is 629. The second kappa shape index (κ2) is 6.82. The molecule has 0 radical (unpaired) electrons. The fourth-order valence-corrected chi connectivity index (χ4v) is 3.09. The summed E-state index contributed by atoms with van der Waals surface area (Å²) in [5, 5.41) is 0.702. The van der Waals surface area contributed by atoms with Gasteiger partial charge >= 0.3 is 0 Å². The molecule has 0 unspecified atom stereocenters. The van der Waals surface area contributed by atoms with Gasteiger partial charge in [-0.25, -0.2) is 4.98 Å². The van der Waals surface area contributed by atoms with Crippen LogP contribution in [-0.2, 0) is 20.1 Å². The maximum atomic E-state index is 6.05. The molecule has 0 bridgehead atoms. The van der Waals surface area contributed by atoms with E-state index in [0.29, 0.717) is 5.15 Å². The van der Waals surface area contributed by atoms with Crippen LogP contribution >= 0.6 is 11.6 Å². The third-order valence-corrected chi connectivity index (χ3v) is 4.70. The van der Waals surface area contributed by atoms with Gasteiger partial charge in [0.25, 0.3) is 0 Å². The van der Waals surface area contributed by atoms with E-state index in [1.165, 1.54) is 11.1 Å². The fourth-order valence-electron chi connectivity index (χ4n) is 2.95. The van der Waals surface area contributed by atoms with Gasteiger partial charge in [-0.3, -0.25) is 9.80 Å². The third kappa shape index (κ3) is 3.69. The van der Waals surface area contributed by atoms with E-state index < -0.39 is 0 Å². The summed E-state index contributed by atoms with van der Waals surface area (Å²) in [6.07, 6.45) is 1.73. The summed E-state index contributed by atoms with van der Waals surface area (Å²) in [5.41, 5.74) is 2.74. The first-order valence-corrected chi connectivity index (χ1v) is 8.16. The quantitative estimate of drug-likeness (QED) is 0.866. The standard InChI is InChI=1S/C17H23ClN4/c1-14-4-3-5-15(10-14)12-21-6-8-22(9-7-21)13-17-19-11-16(18)20(17)2/h3-5,10-11H,6-9,12-13H2,1-2H3. The number of aromatic nitrogens is 2. The van der Waals surface area contributed by atoms with E-state index in [4.69, 9.17) is 11.6 Å². The van der Waals surface area contributed by atoms with Crippen molar-refractivity contribution in [2.24, 2.45) is 7.05 Å². The average Bonchev–Trinajstić information content (AvgIpc) is 2.81. The van der Waals surface area contributed by atoms with Gasteiger partial charge < -0.3 is 4.57 Å². The molecule has 2 heterocycles. The Labute approximate surface area is 137 Å². The van der Waals surface area contributed by atoms with Crippen LogP contribution in [0.4, 0.5) is 0 Å². The molecule has 1 aliphatic heterocycles. The molecule has 118 valence electrons. The molecule has 0 N–H and O–H groups in total. The first-order chi connectivity index (χ1) is 10.6. The molecule has 4 nitrogen and oxygen atoms in total. The lowest BCUT2D eigenvalue weighted by Crippen LogP contribution is -2.45. The van der Waals surface area contributed by atoms with E-state index in [1.807, 2.05) is 11.6 Å². The van der Waals surface area contributed by atoms with Crippen molar-refractivity contribution < 1.29 is 0 Å². The monoisotopic (exact) mass is 318 g/mol. The van der Waals surface area contributed by atoms with Crippen LogP contribution in [0.15, 0.2) is 30.5 Å². The van der Waals surface area contributed by atoms with Crippen LogP contribution in [0.25, 0.3) is 0 Å². The molecule has 0 amide bonds. The first kappa shape index (κ1) is 15.5. The van der Waals surface area contributed by atoms with Crippen LogP contribution in [0, 0.1) is 6.92 Å². The maximum absolute atomic E-state index is 6.05. The molecule has 0 spiro atoms. The van der Waals surface area contributed by atoms with E-state index in [1.54, 1.807) is 6.20 Å². The van der Waals surface area contributed by atoms with Crippen molar-refractivity contribution in [3.8, 4) is 0 Å². The second-order valence-corrected chi connectivity index (χ2v) is 6.48. The Balaban J connectivity index is 1.51. The predicted molar refractivity (Wildman–Crippen MR) is 90.0 cm³/mol. The lowest BCUT2D eigenvalue weighted by Gasteiger charge is -2.34. The molecular weight excluding hydrogens is 296 g/mol. The van der Waals surface area contributed by atoms with Gasteiger partial charge in [0.15, 0.2) is 0 Å². The highest BCUT2D eigenvalue weighted by molar-refractivity contribution is 6.29. The van der Waals surface area contributed by atoms with Gasteiger partial charge in [-0.05, 0) is 12.5 Å². The van der Waals surface area contributed by atoms with Crippen molar-refractivity contribution >= 4 is 11.6 Å². The van der Waals surface area contributed by atoms with Gasteiger partial charge in [0, 0.05) is 39.8 Å². The largest absolute Gasteiger partial charge is 0.321 e. The third-order valence-electron chi connectivity index (χ3n) is 4.35. The van der Waals surface area contributed by atoms with E-state index in [-0.39, 0.29) is 0 Å². The Morgan fingerprint density at radius 1 is 1.09 bits per heavy atom. The number of piperazine rings is 1. The van der Waals surface area contributed by atoms with E-state index >= 15 is 0 Å². The van der Waals surface area contributed by atoms with Gasteiger partial charge in [0.2, 0.25) is 0 Å². The molecule has 0 saturated carbocycles. The van der Waals surface area contributed by atoms with Crippen LogP contribution in [0.2, 0.25) is 5.15 Å². The number of halogens is 1. The SMILES string of the molecule is Cc1cccc(CN2CCN(Cc3ncc(Cl)n3C)CC2)c1. The van der Waals surface area contributed by atoms with Crippen molar-refractivity contribution in [3.63, 3.8) is 0 Å². The molecule has 22 heavy (non-hydrogen) atoms. The molecule has 0 atom stereocenters. The molecule has 5 heteroatoms. The summed E-state index contributed by atoms with van der Waals surface area (Å²) in [6.45, 7) is 8.44. The molecule has 1 aliphatic rings. The lowest BCUT2D eigenvalue weighted by atomic mass is 10.1. The van der Waals surface area contributed by atoms with Gasteiger partial charge in [-0.2, -0.15) is 0 Å². The molecule has 0 aliphatic carbocycles. The summed E-state index contributed by atoms with van der Waals surface area (Å²) >= 11 is 6.05. The van der Waals surface area contributed by atoms with Crippen LogP contribution in [0.5, 0.6) is 0 Å². The highest BCUT2D eigenvalue weighted by atomic mass is 35.5. The molecule has 1 aromatic heterocycles. The van der Waals surface area contributed by atoms with E-state index in [9.17, 15) is 0 Å². The van der Waals surface area contributed by atoms with Crippen molar-refractivity contribution in [2.45, 2.75) is 20.0 Å². The Morgan fingerprint density at radius 3 is 2.36 bits per heavy atom. The van der Waals surface area contributed by atoms with Gasteiger partial charge in [-0.15, -0.1) is 0 Å². The molecule has 1 aromatic carbocycles. The summed E-state index contributed by atoms with van der Waals surface area (Å²) in [5.74, 6) is 1.04. The van der Waals surface area contributed by atoms with Gasteiger partial charge in [0.1, 0.15) is 11.0 Å². The summed E-state index contributed by atoms with van der Waals surface area (Å²) in [7, 11) is 1.97. The van der Waals surface area contributed by atoms with Crippen LogP contribution in [-0.4, -0.2) is 45.5 Å². The molecular formula is C17H23ClN4. The van der Waals surface area contributed by atoms with Gasteiger partial charge in [0.05, 0.1) is 12.7 Å². The summed E-state index contributed by atoms with van der Waals surface area (Å²) < 4.78 is 1.96. The van der Waals surface area contributed by atoms with Gasteiger partial charge in [-0.1, -0.05) is 41.4 Å². The van der Waals surface area contributed by atoms with Crippen molar-refractivity contribution in [1.29, 1.82) is 0 Å². The molecule has 3 rings (SSSR count). The highest BCUT2D eigenvalue weighted by Gasteiger charge is 2.18. The summed E-state index contributed by atoms with van der Waals surface area (Å²) in [6, 6.07) is 8.79. The normalized spacial score (nSPS) is 17.0. The van der Waals surface area contributed by atoms with Crippen molar-refractivity contribution in [2.75, 3.05) is 26.2 Å². The topological polar surface area (TPSA) is 24.3 Å². The Hall–Kier alpha value is -1.36. The highest BCUT2D eigenvalue weighted by Crippen LogP contribution is 2.14. The zero-order chi connectivity index (χ0) is 15.5. The predicted octanol–water partition coefficient (Wildman–Crippen LogP) is 2.70. The number of benzene rings is 1. The van der Waals surface area contributed by atoms with E-state index in [0.717, 1.165) is 45.1 Å². The second-order valence-electron chi connectivity index (χ2n) is 6.10. The van der Waals surface area contributed by atoms with Crippen molar-refractivity contribution in [1.82, 2.24) is 19.4 Å². The maximum Gasteiger partial charge on any atom is 0.128 e. The fraction of sp³-hybridized carbons (Fsp3) is 0.471. The van der Waals surface area contributed by atoms with Crippen molar-refractivity contribution in [3.05, 3.63) is 52.6 Å².